The van der Waals surface area contributed by atoms with Crippen LogP contribution in [0.25, 0.3) is 0 Å². The van der Waals surface area contributed by atoms with E-state index in [1.807, 2.05) is 23.9 Å². The normalized spacial score (nSPS) is 22.1. The van der Waals surface area contributed by atoms with E-state index in [0.717, 1.165) is 32.5 Å². The second kappa shape index (κ2) is 8.67. The van der Waals surface area contributed by atoms with Gasteiger partial charge in [0.1, 0.15) is 0 Å². The lowest BCUT2D eigenvalue weighted by Crippen LogP contribution is -2.49. The highest BCUT2D eigenvalue weighted by atomic mass is 16.2. The van der Waals surface area contributed by atoms with E-state index in [1.165, 1.54) is 5.56 Å². The van der Waals surface area contributed by atoms with Crippen molar-refractivity contribution in [3.05, 3.63) is 35.9 Å². The van der Waals surface area contributed by atoms with Gasteiger partial charge in [-0.2, -0.15) is 0 Å². The van der Waals surface area contributed by atoms with E-state index in [2.05, 4.69) is 35.2 Å². The second-order valence-electron chi connectivity index (χ2n) is 7.89. The highest BCUT2D eigenvalue weighted by Gasteiger charge is 2.34. The zero-order valence-electron chi connectivity index (χ0n) is 16.1. The Bertz CT molecular complexity index is 609. The van der Waals surface area contributed by atoms with Crippen LogP contribution >= 0.6 is 0 Å². The number of benzene rings is 1. The predicted molar refractivity (Wildman–Crippen MR) is 103 cm³/mol. The molecule has 0 spiro atoms. The van der Waals surface area contributed by atoms with Crippen molar-refractivity contribution in [3.8, 4) is 0 Å². The minimum Gasteiger partial charge on any atom is -0.342 e. The van der Waals surface area contributed by atoms with E-state index in [1.54, 1.807) is 0 Å². The minimum atomic E-state index is -0.0249. The van der Waals surface area contributed by atoms with E-state index in [9.17, 15) is 9.59 Å². The molecule has 0 unspecified atom stereocenters. The Labute approximate surface area is 156 Å². The summed E-state index contributed by atoms with van der Waals surface area (Å²) in [6.07, 6.45) is 3.27. The van der Waals surface area contributed by atoms with Gasteiger partial charge >= 0.3 is 0 Å². The zero-order chi connectivity index (χ0) is 18.5. The summed E-state index contributed by atoms with van der Waals surface area (Å²) < 4.78 is 0. The molecule has 26 heavy (non-hydrogen) atoms. The maximum absolute atomic E-state index is 13.0. The third-order valence-corrected chi connectivity index (χ3v) is 5.74. The highest BCUT2D eigenvalue weighted by molar-refractivity contribution is 5.84. The number of piperidine rings is 2. The molecule has 2 saturated heterocycles. The van der Waals surface area contributed by atoms with Crippen LogP contribution in [0.1, 0.15) is 37.2 Å². The summed E-state index contributed by atoms with van der Waals surface area (Å²) in [4.78, 5) is 31.1. The first-order valence-corrected chi connectivity index (χ1v) is 9.81. The summed E-state index contributed by atoms with van der Waals surface area (Å²) in [6.45, 7) is 3.81. The Morgan fingerprint density at radius 3 is 2.46 bits per heavy atom. The molecule has 5 heteroatoms. The van der Waals surface area contributed by atoms with Gasteiger partial charge < -0.3 is 14.7 Å². The van der Waals surface area contributed by atoms with Crippen LogP contribution < -0.4 is 0 Å². The van der Waals surface area contributed by atoms with Crippen LogP contribution in [-0.2, 0) is 9.59 Å². The fourth-order valence-corrected chi connectivity index (χ4v) is 4.07. The van der Waals surface area contributed by atoms with E-state index in [0.29, 0.717) is 31.8 Å². The molecule has 1 atom stereocenters. The summed E-state index contributed by atoms with van der Waals surface area (Å²) in [6, 6.07) is 10.6. The van der Waals surface area contributed by atoms with E-state index >= 15 is 0 Å². The van der Waals surface area contributed by atoms with E-state index in [-0.39, 0.29) is 17.7 Å². The maximum Gasteiger partial charge on any atom is 0.227 e. The Kier molecular flexibility index (Phi) is 6.30. The minimum absolute atomic E-state index is 0.0249. The van der Waals surface area contributed by atoms with Crippen molar-refractivity contribution in [2.24, 2.45) is 5.92 Å². The lowest BCUT2D eigenvalue weighted by Gasteiger charge is -2.38. The number of hydrogen-bond acceptors (Lipinski definition) is 3. The Morgan fingerprint density at radius 2 is 1.81 bits per heavy atom. The van der Waals surface area contributed by atoms with Gasteiger partial charge in [0.15, 0.2) is 0 Å². The van der Waals surface area contributed by atoms with Gasteiger partial charge in [0.05, 0.1) is 5.92 Å². The molecular formula is C21H31N3O2. The van der Waals surface area contributed by atoms with Gasteiger partial charge in [-0.05, 0) is 44.8 Å². The molecule has 2 amide bonds. The van der Waals surface area contributed by atoms with Crippen molar-refractivity contribution >= 4 is 11.8 Å². The molecule has 2 aliphatic rings. The van der Waals surface area contributed by atoms with Crippen molar-refractivity contribution in [1.82, 2.24) is 14.7 Å². The van der Waals surface area contributed by atoms with Gasteiger partial charge in [-0.15, -0.1) is 0 Å². The number of amides is 2. The van der Waals surface area contributed by atoms with Crippen molar-refractivity contribution in [2.75, 3.05) is 46.8 Å². The van der Waals surface area contributed by atoms with Crippen molar-refractivity contribution in [1.29, 1.82) is 0 Å². The molecule has 2 aliphatic heterocycles. The standard InChI is InChI=1S/C21H31N3O2/c1-22(2)14-15-24-16-19(8-9-20(24)25)21(26)23-12-10-18(11-13-23)17-6-4-3-5-7-17/h3-7,18-19H,8-16H2,1-2H3/t19-/m1/s1. The number of carbonyl (C=O) groups excluding carboxylic acids is 2. The number of nitrogens with zero attached hydrogens (tertiary/aromatic N) is 3. The number of likely N-dealkylation sites (N-methyl/N-ethyl adjacent to an activating group) is 1. The highest BCUT2D eigenvalue weighted by Crippen LogP contribution is 2.29. The third kappa shape index (κ3) is 4.64. The van der Waals surface area contributed by atoms with E-state index < -0.39 is 0 Å². The van der Waals surface area contributed by atoms with Crippen LogP contribution in [0.4, 0.5) is 0 Å². The van der Waals surface area contributed by atoms with Gasteiger partial charge in [-0.25, -0.2) is 0 Å². The topological polar surface area (TPSA) is 43.9 Å². The fraction of sp³-hybridized carbons (Fsp3) is 0.619. The molecule has 0 N–H and O–H groups in total. The largest absolute Gasteiger partial charge is 0.342 e. The molecule has 0 aliphatic carbocycles. The average Bonchev–Trinajstić information content (AvgIpc) is 2.67. The first-order chi connectivity index (χ1) is 12.5. The van der Waals surface area contributed by atoms with Crippen LogP contribution in [0.3, 0.4) is 0 Å². The summed E-state index contributed by atoms with van der Waals surface area (Å²) in [5, 5.41) is 0. The first kappa shape index (κ1) is 18.9. The zero-order valence-corrected chi connectivity index (χ0v) is 16.1. The third-order valence-electron chi connectivity index (χ3n) is 5.74. The summed E-state index contributed by atoms with van der Waals surface area (Å²) in [5.41, 5.74) is 1.39. The van der Waals surface area contributed by atoms with Crippen molar-refractivity contribution in [2.45, 2.75) is 31.6 Å². The lowest BCUT2D eigenvalue weighted by molar-refractivity contribution is -0.143. The molecule has 3 rings (SSSR count). The summed E-state index contributed by atoms with van der Waals surface area (Å²) in [5.74, 6) is 0.977. The maximum atomic E-state index is 13.0. The molecule has 2 heterocycles. The molecule has 0 saturated carbocycles. The first-order valence-electron chi connectivity index (χ1n) is 9.81. The summed E-state index contributed by atoms with van der Waals surface area (Å²) >= 11 is 0. The monoisotopic (exact) mass is 357 g/mol. The smallest absolute Gasteiger partial charge is 0.227 e. The van der Waals surface area contributed by atoms with Crippen LogP contribution in [0.15, 0.2) is 30.3 Å². The average molecular weight is 357 g/mol. The number of carbonyl (C=O) groups is 2. The molecule has 1 aromatic carbocycles. The fourth-order valence-electron chi connectivity index (χ4n) is 4.07. The SMILES string of the molecule is CN(C)CCN1C[C@H](C(=O)N2CCC(c3ccccc3)CC2)CCC1=O. The molecule has 0 aromatic heterocycles. The lowest BCUT2D eigenvalue weighted by atomic mass is 9.88. The van der Waals surface area contributed by atoms with Crippen molar-refractivity contribution < 1.29 is 9.59 Å². The van der Waals surface area contributed by atoms with Crippen LogP contribution in [0.2, 0.25) is 0 Å². The summed E-state index contributed by atoms with van der Waals surface area (Å²) in [7, 11) is 4.02. The molecule has 1 aromatic rings. The van der Waals surface area contributed by atoms with Crippen LogP contribution in [0, 0.1) is 5.92 Å². The van der Waals surface area contributed by atoms with Crippen LogP contribution in [0.5, 0.6) is 0 Å². The van der Waals surface area contributed by atoms with Gasteiger partial charge in [0.25, 0.3) is 0 Å². The van der Waals surface area contributed by atoms with Gasteiger partial charge in [0.2, 0.25) is 11.8 Å². The quantitative estimate of drug-likeness (QED) is 0.811. The molecular weight excluding hydrogens is 326 g/mol. The Morgan fingerprint density at radius 1 is 1.12 bits per heavy atom. The molecule has 5 nitrogen and oxygen atoms in total. The van der Waals surface area contributed by atoms with Gasteiger partial charge in [0, 0.05) is 39.1 Å². The number of likely N-dealkylation sites (tertiary alicyclic amines) is 2. The number of rotatable bonds is 5. The van der Waals surface area contributed by atoms with Gasteiger partial charge in [-0.3, -0.25) is 9.59 Å². The van der Waals surface area contributed by atoms with Gasteiger partial charge in [-0.1, -0.05) is 30.3 Å². The number of hydrogen-bond donors (Lipinski definition) is 0. The molecule has 0 bridgehead atoms. The Hall–Kier alpha value is -1.88. The van der Waals surface area contributed by atoms with Crippen LogP contribution in [-0.4, -0.2) is 73.3 Å². The Balaban J connectivity index is 1.52. The molecule has 142 valence electrons. The predicted octanol–water partition coefficient (Wildman–Crippen LogP) is 2.19. The second-order valence-corrected chi connectivity index (χ2v) is 7.89. The molecule has 2 fully saturated rings. The van der Waals surface area contributed by atoms with E-state index in [4.69, 9.17) is 0 Å². The molecule has 0 radical (unpaired) electrons. The van der Waals surface area contributed by atoms with Crippen molar-refractivity contribution in [3.63, 3.8) is 0 Å².